The van der Waals surface area contributed by atoms with Gasteiger partial charge < -0.3 is 15.2 Å². The van der Waals surface area contributed by atoms with E-state index in [9.17, 15) is 19.1 Å². The molecule has 2 N–H and O–H groups in total. The van der Waals surface area contributed by atoms with Gasteiger partial charge in [0.15, 0.2) is 6.10 Å². The number of phenolic OH excluding ortho intramolecular Hbond substituents is 1. The number of phenols is 1. The van der Waals surface area contributed by atoms with Gasteiger partial charge in [-0.1, -0.05) is 35.9 Å². The number of carbonyl (C=O) groups excluding carboxylic acids is 2. The summed E-state index contributed by atoms with van der Waals surface area (Å²) >= 11 is 5.86. The quantitative estimate of drug-likeness (QED) is 0.645. The van der Waals surface area contributed by atoms with Crippen molar-refractivity contribution >= 4 is 39.9 Å². The predicted molar refractivity (Wildman–Crippen MR) is 101 cm³/mol. The van der Waals surface area contributed by atoms with Gasteiger partial charge in [-0.15, -0.1) is 0 Å². The molecule has 138 valence electrons. The summed E-state index contributed by atoms with van der Waals surface area (Å²) in [5.74, 6) is -2.26. The van der Waals surface area contributed by atoms with Gasteiger partial charge in [0.25, 0.3) is 5.91 Å². The normalized spacial score (nSPS) is 11.8. The minimum Gasteiger partial charge on any atom is -0.507 e. The van der Waals surface area contributed by atoms with Crippen LogP contribution in [0.1, 0.15) is 17.3 Å². The van der Waals surface area contributed by atoms with Gasteiger partial charge in [0.1, 0.15) is 17.1 Å². The molecule has 0 aromatic heterocycles. The van der Waals surface area contributed by atoms with Crippen LogP contribution in [0.25, 0.3) is 10.8 Å². The standard InChI is InChI=1S/C20H15ClFNO4/c1-11(19(25)23-17-7-6-14(22)10-16(17)21)27-20(26)15-8-12-4-2-3-5-13(12)9-18(15)24/h2-11,24H,1H3,(H,23,25)/t11-/m0/s1. The lowest BCUT2D eigenvalue weighted by molar-refractivity contribution is -0.123. The average molecular weight is 388 g/mol. The van der Waals surface area contributed by atoms with Crippen molar-refractivity contribution in [1.82, 2.24) is 0 Å². The first kappa shape index (κ1) is 18.7. The molecule has 0 saturated carbocycles. The average Bonchev–Trinajstić information content (AvgIpc) is 2.63. The Hall–Kier alpha value is -3.12. The zero-order valence-electron chi connectivity index (χ0n) is 14.2. The number of aromatic hydroxyl groups is 1. The number of carbonyl (C=O) groups is 2. The number of hydrogen-bond acceptors (Lipinski definition) is 4. The highest BCUT2D eigenvalue weighted by molar-refractivity contribution is 6.33. The van der Waals surface area contributed by atoms with Crippen molar-refractivity contribution in [2.24, 2.45) is 0 Å². The maximum Gasteiger partial charge on any atom is 0.342 e. The number of nitrogens with one attached hydrogen (secondary N) is 1. The Kier molecular flexibility index (Phi) is 5.28. The number of fused-ring (bicyclic) bond motifs is 1. The maximum atomic E-state index is 13.1. The van der Waals surface area contributed by atoms with Gasteiger partial charge in [-0.25, -0.2) is 9.18 Å². The summed E-state index contributed by atoms with van der Waals surface area (Å²) in [6, 6.07) is 13.7. The van der Waals surface area contributed by atoms with Crippen molar-refractivity contribution in [2.45, 2.75) is 13.0 Å². The summed E-state index contributed by atoms with van der Waals surface area (Å²) in [6.07, 6.45) is -1.16. The molecule has 5 nitrogen and oxygen atoms in total. The number of amides is 1. The first-order valence-corrected chi connectivity index (χ1v) is 8.41. The van der Waals surface area contributed by atoms with Crippen LogP contribution in [0.3, 0.4) is 0 Å². The third kappa shape index (κ3) is 4.17. The Morgan fingerprint density at radius 2 is 1.78 bits per heavy atom. The fourth-order valence-corrected chi connectivity index (χ4v) is 2.71. The molecule has 0 saturated heterocycles. The molecule has 0 aliphatic rings. The molecular formula is C20H15ClFNO4. The van der Waals surface area contributed by atoms with E-state index in [4.69, 9.17) is 16.3 Å². The molecule has 27 heavy (non-hydrogen) atoms. The van der Waals surface area contributed by atoms with E-state index < -0.39 is 23.8 Å². The van der Waals surface area contributed by atoms with Gasteiger partial charge in [-0.3, -0.25) is 4.79 Å². The van der Waals surface area contributed by atoms with E-state index in [2.05, 4.69) is 5.32 Å². The number of esters is 1. The Morgan fingerprint density at radius 3 is 2.44 bits per heavy atom. The van der Waals surface area contributed by atoms with Crippen molar-refractivity contribution in [1.29, 1.82) is 0 Å². The molecule has 3 aromatic carbocycles. The molecule has 0 heterocycles. The van der Waals surface area contributed by atoms with E-state index >= 15 is 0 Å². The van der Waals surface area contributed by atoms with Crippen molar-refractivity contribution in [3.05, 3.63) is 71.0 Å². The zero-order valence-corrected chi connectivity index (χ0v) is 15.0. The second kappa shape index (κ2) is 7.63. The SMILES string of the molecule is C[C@H](OC(=O)c1cc2ccccc2cc1O)C(=O)Nc1ccc(F)cc1Cl. The van der Waals surface area contributed by atoms with Crippen LogP contribution in [0, 0.1) is 5.82 Å². The highest BCUT2D eigenvalue weighted by atomic mass is 35.5. The minimum absolute atomic E-state index is 0.0223. The molecule has 0 radical (unpaired) electrons. The number of hydrogen-bond donors (Lipinski definition) is 2. The van der Waals surface area contributed by atoms with E-state index in [1.54, 1.807) is 18.2 Å². The van der Waals surface area contributed by atoms with Gasteiger partial charge in [0, 0.05) is 0 Å². The van der Waals surface area contributed by atoms with Crippen molar-refractivity contribution in [2.75, 3.05) is 5.32 Å². The summed E-state index contributed by atoms with van der Waals surface area (Å²) in [4.78, 5) is 24.6. The maximum absolute atomic E-state index is 13.1. The van der Waals surface area contributed by atoms with Crippen LogP contribution >= 0.6 is 11.6 Å². The first-order valence-electron chi connectivity index (χ1n) is 8.04. The third-order valence-electron chi connectivity index (χ3n) is 3.93. The number of ether oxygens (including phenoxy) is 1. The van der Waals surface area contributed by atoms with Crippen molar-refractivity contribution < 1.29 is 23.8 Å². The van der Waals surface area contributed by atoms with Gasteiger partial charge in [-0.05, 0) is 48.0 Å². The van der Waals surface area contributed by atoms with Crippen LogP contribution in [0.4, 0.5) is 10.1 Å². The van der Waals surface area contributed by atoms with Gasteiger partial charge >= 0.3 is 5.97 Å². The van der Waals surface area contributed by atoms with Crippen molar-refractivity contribution in [3.8, 4) is 5.75 Å². The van der Waals surface area contributed by atoms with Gasteiger partial charge in [0.05, 0.1) is 10.7 Å². The summed E-state index contributed by atoms with van der Waals surface area (Å²) in [5, 5.41) is 14.1. The largest absolute Gasteiger partial charge is 0.507 e. The van der Waals surface area contributed by atoms with Crippen LogP contribution in [-0.4, -0.2) is 23.1 Å². The smallest absolute Gasteiger partial charge is 0.342 e. The second-order valence-electron chi connectivity index (χ2n) is 5.88. The molecule has 7 heteroatoms. The summed E-state index contributed by atoms with van der Waals surface area (Å²) in [6.45, 7) is 1.38. The van der Waals surface area contributed by atoms with E-state index in [1.165, 1.54) is 25.1 Å². The third-order valence-corrected chi connectivity index (χ3v) is 4.24. The molecule has 3 rings (SSSR count). The Labute approximate surface area is 159 Å². The lowest BCUT2D eigenvalue weighted by Gasteiger charge is -2.15. The lowest BCUT2D eigenvalue weighted by Crippen LogP contribution is -2.30. The Balaban J connectivity index is 1.73. The molecule has 0 aliphatic heterocycles. The molecule has 0 unspecified atom stereocenters. The van der Waals surface area contributed by atoms with E-state index in [1.807, 2.05) is 6.07 Å². The summed E-state index contributed by atoms with van der Waals surface area (Å²) in [5.41, 5.74) is 0.146. The molecule has 1 atom stereocenters. The number of anilines is 1. The second-order valence-corrected chi connectivity index (χ2v) is 6.28. The van der Waals surface area contributed by atoms with Crippen LogP contribution in [0.5, 0.6) is 5.75 Å². The molecule has 0 spiro atoms. The fraction of sp³-hybridized carbons (Fsp3) is 0.100. The molecule has 0 aliphatic carbocycles. The highest BCUT2D eigenvalue weighted by Gasteiger charge is 2.22. The van der Waals surface area contributed by atoms with Crippen LogP contribution in [-0.2, 0) is 9.53 Å². The minimum atomic E-state index is -1.16. The topological polar surface area (TPSA) is 75.6 Å². The number of benzene rings is 3. The molecule has 1 amide bonds. The van der Waals surface area contributed by atoms with Crippen LogP contribution < -0.4 is 5.32 Å². The zero-order chi connectivity index (χ0) is 19.6. The van der Waals surface area contributed by atoms with Crippen LogP contribution in [0.2, 0.25) is 5.02 Å². The Morgan fingerprint density at radius 1 is 1.11 bits per heavy atom. The Bertz CT molecular complexity index is 1040. The number of rotatable bonds is 4. The fourth-order valence-electron chi connectivity index (χ4n) is 2.49. The van der Waals surface area contributed by atoms with E-state index in [0.29, 0.717) is 0 Å². The molecule has 0 fully saturated rings. The highest BCUT2D eigenvalue weighted by Crippen LogP contribution is 2.26. The molecule has 0 bridgehead atoms. The molecular weight excluding hydrogens is 373 g/mol. The first-order chi connectivity index (χ1) is 12.8. The van der Waals surface area contributed by atoms with E-state index in [0.717, 1.165) is 22.9 Å². The van der Waals surface area contributed by atoms with Gasteiger partial charge in [0.2, 0.25) is 0 Å². The van der Waals surface area contributed by atoms with Crippen molar-refractivity contribution in [3.63, 3.8) is 0 Å². The predicted octanol–water partition coefficient (Wildman–Crippen LogP) is 4.52. The lowest BCUT2D eigenvalue weighted by atomic mass is 10.1. The van der Waals surface area contributed by atoms with Gasteiger partial charge in [-0.2, -0.15) is 0 Å². The van der Waals surface area contributed by atoms with E-state index in [-0.39, 0.29) is 22.0 Å². The summed E-state index contributed by atoms with van der Waals surface area (Å²) < 4.78 is 18.2. The van der Waals surface area contributed by atoms with Crippen LogP contribution in [0.15, 0.2) is 54.6 Å². The monoisotopic (exact) mass is 387 g/mol. The molecule has 3 aromatic rings. The number of halogens is 2. The summed E-state index contributed by atoms with van der Waals surface area (Å²) in [7, 11) is 0.